The normalized spacial score (nSPS) is 12.7. The molecule has 35 heteroatoms. The molecule has 23 N–H and O–H groups in total. The van der Waals surface area contributed by atoms with Crippen molar-refractivity contribution in [2.24, 2.45) is 39.1 Å². The summed E-state index contributed by atoms with van der Waals surface area (Å²) in [6.07, 6.45) is 0. The molecule has 10 rings (SSSR count). The van der Waals surface area contributed by atoms with Crippen LogP contribution in [0.15, 0.2) is 111 Å². The van der Waals surface area contributed by atoms with Crippen LogP contribution in [0.3, 0.4) is 0 Å². The van der Waals surface area contributed by atoms with Crippen molar-refractivity contribution in [3.8, 4) is 40.2 Å². The van der Waals surface area contributed by atoms with E-state index in [1.165, 1.54) is 20.8 Å². The maximum absolute atomic E-state index is 12.0. The number of nitrogens with one attached hydrogen (secondary N) is 8. The van der Waals surface area contributed by atoms with Gasteiger partial charge in [0.15, 0.2) is 0 Å². The number of carbonyl (C=O) groups excluding carboxylic acids is 4. The number of nitrogens with two attached hydrogens (primary N) is 6. The van der Waals surface area contributed by atoms with Crippen LogP contribution in [0.5, 0.6) is 40.2 Å². The quantitative estimate of drug-likeness (QED) is 0.0143. The van der Waals surface area contributed by atoms with Crippen LogP contribution in [-0.2, 0) is 24.0 Å². The number of aliphatic carboxylic acids is 1. The molecule has 0 radical (unpaired) electrons. The lowest BCUT2D eigenvalue weighted by Gasteiger charge is -2.36. The minimum Gasteiger partial charge on any atom is -0.497 e. The van der Waals surface area contributed by atoms with Gasteiger partial charge in [0.1, 0.15) is 79.2 Å². The molecule has 0 atom stereocenters. The molecule has 0 saturated carbocycles. The van der Waals surface area contributed by atoms with E-state index >= 15 is 0 Å². The Kier molecular flexibility index (Phi) is 49.5. The summed E-state index contributed by atoms with van der Waals surface area (Å²) in [5.74, 6) is 18.6. The Hall–Kier alpha value is -8.94. The first-order valence-corrected chi connectivity index (χ1v) is 41.9. The molecule has 0 saturated heterocycles. The zero-order chi connectivity index (χ0) is 93.1. The zero-order valence-corrected chi connectivity index (χ0v) is 83.1. The first-order valence-electron chi connectivity index (χ1n) is 37.3. The van der Waals surface area contributed by atoms with E-state index in [4.69, 9.17) is 73.5 Å². The van der Waals surface area contributed by atoms with Crippen LogP contribution in [0.1, 0.15) is 151 Å². The number of aliphatic imine (C=N–C) groups is 1. The first-order chi connectivity index (χ1) is 55.5. The van der Waals surface area contributed by atoms with Crippen LogP contribution >= 0.6 is 87.5 Å². The molecule has 121 heavy (non-hydrogen) atoms. The highest BCUT2D eigenvalue weighted by molar-refractivity contribution is 9.12. The van der Waals surface area contributed by atoms with Crippen LogP contribution in [0, 0.1) is 59.3 Å². The van der Waals surface area contributed by atoms with Gasteiger partial charge in [-0.05, 0) is 229 Å². The fourth-order valence-electron chi connectivity index (χ4n) is 9.52. The maximum Gasteiger partial charge on any atom is 0.323 e. The number of carboxylic acids is 1. The van der Waals surface area contributed by atoms with Gasteiger partial charge in [0, 0.05) is 60.5 Å². The molecule has 0 aromatic heterocycles. The van der Waals surface area contributed by atoms with Crippen LogP contribution in [-0.4, -0.2) is 133 Å². The second-order valence-corrected chi connectivity index (χ2v) is 35.1. The van der Waals surface area contributed by atoms with Gasteiger partial charge in [0.05, 0.1) is 98.2 Å². The average Bonchev–Trinajstić information content (AvgIpc) is 0.778. The van der Waals surface area contributed by atoms with Crippen molar-refractivity contribution in [2.75, 3.05) is 109 Å². The molecule has 686 valence electrons. The third kappa shape index (κ3) is 36.6. The van der Waals surface area contributed by atoms with Gasteiger partial charge in [-0.15, -0.1) is 0 Å². The standard InChI is InChI=1S/C13H18BrNO2.C13H19NO2.C12H18N4O.C12H16N2O2.C12H16N2OS.C8H10BrNO.C8H11NO.C4H9NO2.C2H4Br2.C2H3ClO.H4N2.H2O.6H2/c1-8-6-7-9(17-5)10(14)11(8)15-12(16)13(2,3)4;1-9-6-7-10(16-5)8-11(9)14-12(15)13(2,3)4;1-7-5-6-8(17-4)10-9(7)14-11(16-13)12(2,3)15-10;1-7-5-6-8(16-4)10-9(7)13-11(15)12(2,3)14-10;1-7-5-6-8(15-4)10-9(7)13-11(16)12(2,3)14-10;1-5-3-4-6(11-2)7(9)8(5)10;1-6-3-4-7(10-2)5-8(6)9;1-4(2,5)3(6)7;3-1-2-4;1-2(3)4;1-2;;;;;;;/h6-7H,1-5H3,(H,15,16);6-8H,1-5H3,(H,14,15);5-6,15H,13H2,1-4H3,(H,14,16);5-6,14H,1-4H3,(H,13,15);5-6,14H,1-4H3,(H,13,16);3-4H,10H2,1-2H3;3-5H,9H2,1-2H3;5H2,1-2H3,(H,6,7);1-2H2;1H3;1-2H2;1H2;6*1H. The van der Waals surface area contributed by atoms with E-state index in [1.807, 2.05) is 229 Å². The van der Waals surface area contributed by atoms with Crippen molar-refractivity contribution < 1.29 is 76.3 Å². The van der Waals surface area contributed by atoms with Gasteiger partial charge in [-0.1, -0.05) is 128 Å². The number of methoxy groups -OCH3 is 7. The molecule has 3 amide bonds. The number of ether oxygens (including phenoxy) is 7. The van der Waals surface area contributed by atoms with Gasteiger partial charge in [0.2, 0.25) is 23.0 Å². The number of nitrogen functional groups attached to an aromatic ring is 2. The summed E-state index contributed by atoms with van der Waals surface area (Å²) in [4.78, 5) is 60.1. The highest BCUT2D eigenvalue weighted by atomic mass is 79.9. The first kappa shape index (κ1) is 114. The summed E-state index contributed by atoms with van der Waals surface area (Å²) in [6, 6.07) is 30.6. The second-order valence-electron chi connectivity index (χ2n) is 31.0. The molecule has 7 aromatic carbocycles. The van der Waals surface area contributed by atoms with Gasteiger partial charge < -0.3 is 104 Å². The summed E-state index contributed by atoms with van der Waals surface area (Å²) < 4.78 is 37.9. The Labute approximate surface area is 768 Å². The number of aryl methyl sites for hydroxylation is 7. The second kappa shape index (κ2) is 52.5. The Balaban J connectivity index is -0.000000209. The minimum absolute atomic E-state index is 0. The molecule has 3 aliphatic rings. The number of hydrogen-bond donors (Lipinski definition) is 15. The van der Waals surface area contributed by atoms with E-state index in [9.17, 15) is 24.0 Å². The molecule has 7 aromatic rings. The lowest BCUT2D eigenvalue weighted by Crippen LogP contribution is -2.51. The number of thiocarbonyl (C=S) groups is 1. The summed E-state index contributed by atoms with van der Waals surface area (Å²) in [7, 11) is 11.4. The van der Waals surface area contributed by atoms with Crippen molar-refractivity contribution in [1.82, 2.24) is 5.43 Å². The van der Waals surface area contributed by atoms with E-state index < -0.39 is 27.9 Å². The SMILES string of the molecule is BrCCBr.CC(=O)Cl.CC(C)(N)C(=O)O.COc1ccc(C)c(N)c1.COc1ccc(C)c(N)c1Br.COc1ccc(C)c(NC(=O)C(C)(C)C)c1.COc1ccc(C)c(NC(=O)C(C)(C)C)c1Br.COc1ccc(C)c2c1NC(C)(C)C(=O)N2.COc1ccc(C)c2c1NC(C)(C)C(=S)N2.COc1ccc(C)c2c1NC(C)(C)C(NN)=N2.NN.O.[HH].[HH].[HH].[HH].[HH].[HH]. The zero-order valence-electron chi connectivity index (χ0n) is 75.2. The van der Waals surface area contributed by atoms with Crippen LogP contribution in [0.25, 0.3) is 0 Å². The molecule has 0 fully saturated rings. The number of benzene rings is 7. The van der Waals surface area contributed by atoms with Crippen molar-refractivity contribution in [2.45, 2.75) is 174 Å². The van der Waals surface area contributed by atoms with Crippen molar-refractivity contribution >= 4 is 184 Å². The Bertz CT molecular complexity index is 4550. The molecule has 3 aliphatic heterocycles. The topological polar surface area (TPSA) is 466 Å². The smallest absolute Gasteiger partial charge is 0.323 e. The van der Waals surface area contributed by atoms with Crippen molar-refractivity contribution in [1.29, 1.82) is 0 Å². The summed E-state index contributed by atoms with van der Waals surface area (Å²) in [5.41, 5.74) is 31.9. The summed E-state index contributed by atoms with van der Waals surface area (Å²) in [5, 5.41) is 31.9. The minimum atomic E-state index is -1.08. The maximum atomic E-state index is 12.0. The number of anilines is 9. The van der Waals surface area contributed by atoms with Gasteiger partial charge >= 0.3 is 5.97 Å². The van der Waals surface area contributed by atoms with Crippen molar-refractivity contribution in [3.63, 3.8) is 0 Å². The molecule has 29 nitrogen and oxygen atoms in total. The largest absolute Gasteiger partial charge is 0.497 e. The average molecular weight is 2000 g/mol. The van der Waals surface area contributed by atoms with E-state index in [0.29, 0.717) is 11.6 Å². The molecular formula is C86H142Br4ClN15O14S. The van der Waals surface area contributed by atoms with E-state index in [0.717, 1.165) is 155 Å². The Morgan fingerprint density at radius 2 is 0.876 bits per heavy atom. The molecule has 0 spiro atoms. The van der Waals surface area contributed by atoms with Crippen LogP contribution < -0.4 is 111 Å². The number of hydrogen-bond acceptors (Lipinski definition) is 24. The van der Waals surface area contributed by atoms with E-state index in [1.54, 1.807) is 49.8 Å². The third-order valence-corrected chi connectivity index (χ3v) is 21.2. The predicted molar refractivity (Wildman–Crippen MR) is 532 cm³/mol. The summed E-state index contributed by atoms with van der Waals surface area (Å²) >= 11 is 23.2. The fourth-order valence-corrected chi connectivity index (χ4v) is 11.0. The van der Waals surface area contributed by atoms with Gasteiger partial charge in [-0.2, -0.15) is 0 Å². The number of amides is 3. The van der Waals surface area contributed by atoms with E-state index in [2.05, 4.69) is 135 Å². The third-order valence-electron chi connectivity index (χ3n) is 17.1. The Morgan fingerprint density at radius 1 is 0.521 bits per heavy atom. The monoisotopic (exact) mass is 1990 g/mol. The van der Waals surface area contributed by atoms with Crippen molar-refractivity contribution in [3.05, 3.63) is 145 Å². The highest BCUT2D eigenvalue weighted by Gasteiger charge is 2.36. The van der Waals surface area contributed by atoms with Gasteiger partial charge in [0.25, 0.3) is 0 Å². The number of amidine groups is 1. The van der Waals surface area contributed by atoms with Crippen LogP contribution in [0.4, 0.5) is 56.9 Å². The number of rotatable bonds is 11. The van der Waals surface area contributed by atoms with E-state index in [-0.39, 0.29) is 48.1 Å². The number of fused-ring (bicyclic) bond motifs is 3. The molecule has 3 heterocycles. The number of nitrogens with zero attached hydrogens (tertiary/aromatic N) is 1. The number of alkyl halides is 2. The number of carbonyl (C=O) groups is 5. The number of carboxylic acid groups (broad SMARTS) is 1. The van der Waals surface area contributed by atoms with Crippen LogP contribution in [0.2, 0.25) is 0 Å². The molecule has 0 aliphatic carbocycles. The van der Waals surface area contributed by atoms with Gasteiger partial charge in [-0.3, -0.25) is 35.7 Å². The lowest BCUT2D eigenvalue weighted by atomic mass is 9.95. The number of halogens is 5. The number of hydrazine groups is 2. The Morgan fingerprint density at radius 3 is 1.28 bits per heavy atom. The highest BCUT2D eigenvalue weighted by Crippen LogP contribution is 2.45. The molecular weight excluding hydrogens is 1850 g/mol. The predicted octanol–water partition coefficient (Wildman–Crippen LogP) is 19.3. The molecule has 0 unspecified atom stereocenters. The fraction of sp³-hybridized carbons (Fsp3) is 0.430. The summed E-state index contributed by atoms with van der Waals surface area (Å²) in [6.45, 7) is 41.1. The van der Waals surface area contributed by atoms with Gasteiger partial charge in [-0.25, -0.2) is 10.8 Å². The lowest BCUT2D eigenvalue weighted by molar-refractivity contribution is -0.142. The molecule has 0 bridgehead atoms.